The second kappa shape index (κ2) is 10.3. The van der Waals surface area contributed by atoms with Crippen LogP contribution in [0.1, 0.15) is 74.5 Å². The van der Waals surface area contributed by atoms with Crippen LogP contribution in [-0.2, 0) is 6.42 Å². The molecule has 0 bridgehead atoms. The SMILES string of the molecule is C=CCCCCc1ccc(C=Nc2ccc(C3CCC(C)CC3)cc2)cc1. The van der Waals surface area contributed by atoms with Gasteiger partial charge in [-0.25, -0.2) is 0 Å². The van der Waals surface area contributed by atoms with E-state index in [9.17, 15) is 0 Å². The first kappa shape index (κ1) is 19.6. The number of rotatable bonds is 8. The summed E-state index contributed by atoms with van der Waals surface area (Å²) in [5.41, 5.74) is 5.09. The summed E-state index contributed by atoms with van der Waals surface area (Å²) in [6.45, 7) is 6.16. The molecule has 1 aliphatic rings. The van der Waals surface area contributed by atoms with Crippen LogP contribution < -0.4 is 0 Å². The molecule has 1 nitrogen and oxygen atoms in total. The minimum Gasteiger partial charge on any atom is -0.256 e. The fourth-order valence-electron chi connectivity index (χ4n) is 3.96. The van der Waals surface area contributed by atoms with Gasteiger partial charge in [0.15, 0.2) is 0 Å². The number of hydrogen-bond donors (Lipinski definition) is 0. The fraction of sp³-hybridized carbons (Fsp3) is 0.423. The Kier molecular flexibility index (Phi) is 7.45. The van der Waals surface area contributed by atoms with E-state index in [0.717, 1.165) is 35.9 Å². The van der Waals surface area contributed by atoms with Crippen molar-refractivity contribution >= 4 is 11.9 Å². The van der Waals surface area contributed by atoms with Crippen LogP contribution in [0.2, 0.25) is 0 Å². The molecule has 0 radical (unpaired) electrons. The average Bonchev–Trinajstić information content (AvgIpc) is 2.72. The molecule has 0 N–H and O–H groups in total. The van der Waals surface area contributed by atoms with Gasteiger partial charge < -0.3 is 0 Å². The number of allylic oxidation sites excluding steroid dienone is 1. The lowest BCUT2D eigenvalue weighted by Crippen LogP contribution is -2.10. The van der Waals surface area contributed by atoms with Crippen LogP contribution in [0.3, 0.4) is 0 Å². The van der Waals surface area contributed by atoms with Crippen molar-refractivity contribution in [1.29, 1.82) is 0 Å². The molecule has 0 saturated heterocycles. The average molecular weight is 360 g/mol. The van der Waals surface area contributed by atoms with Crippen LogP contribution in [0.25, 0.3) is 0 Å². The van der Waals surface area contributed by atoms with Gasteiger partial charge in [-0.1, -0.05) is 62.2 Å². The summed E-state index contributed by atoms with van der Waals surface area (Å²) in [6.07, 6.45) is 14.1. The monoisotopic (exact) mass is 359 g/mol. The highest BCUT2D eigenvalue weighted by atomic mass is 14.7. The molecular weight excluding hydrogens is 326 g/mol. The number of unbranched alkanes of at least 4 members (excludes halogenated alkanes) is 2. The highest BCUT2D eigenvalue weighted by molar-refractivity contribution is 5.81. The van der Waals surface area contributed by atoms with Crippen molar-refractivity contribution < 1.29 is 0 Å². The third kappa shape index (κ3) is 6.20. The Hall–Kier alpha value is -2.15. The smallest absolute Gasteiger partial charge is 0.0630 e. The molecule has 1 aliphatic carbocycles. The predicted octanol–water partition coefficient (Wildman–Crippen LogP) is 7.63. The molecule has 0 aliphatic heterocycles. The van der Waals surface area contributed by atoms with Gasteiger partial charge in [0.25, 0.3) is 0 Å². The summed E-state index contributed by atoms with van der Waals surface area (Å²) < 4.78 is 0. The Morgan fingerprint density at radius 1 is 0.926 bits per heavy atom. The van der Waals surface area contributed by atoms with Crippen molar-refractivity contribution in [1.82, 2.24) is 0 Å². The minimum atomic E-state index is 0.748. The van der Waals surface area contributed by atoms with Gasteiger partial charge in [0.2, 0.25) is 0 Å². The normalized spacial score (nSPS) is 20.0. The molecule has 0 spiro atoms. The van der Waals surface area contributed by atoms with Crippen molar-refractivity contribution in [3.8, 4) is 0 Å². The molecule has 0 unspecified atom stereocenters. The largest absolute Gasteiger partial charge is 0.256 e. The molecule has 0 heterocycles. The van der Waals surface area contributed by atoms with E-state index in [0.29, 0.717) is 0 Å². The van der Waals surface area contributed by atoms with E-state index in [-0.39, 0.29) is 0 Å². The maximum absolute atomic E-state index is 4.65. The van der Waals surface area contributed by atoms with E-state index in [4.69, 9.17) is 0 Å². The Morgan fingerprint density at radius 2 is 1.63 bits per heavy atom. The van der Waals surface area contributed by atoms with Gasteiger partial charge in [-0.3, -0.25) is 4.99 Å². The second-order valence-corrected chi connectivity index (χ2v) is 8.08. The van der Waals surface area contributed by atoms with E-state index >= 15 is 0 Å². The Labute approximate surface area is 165 Å². The number of benzene rings is 2. The second-order valence-electron chi connectivity index (χ2n) is 8.08. The summed E-state index contributed by atoms with van der Waals surface area (Å²) in [5, 5.41) is 0. The van der Waals surface area contributed by atoms with E-state index in [2.05, 4.69) is 67.0 Å². The zero-order chi connectivity index (χ0) is 18.9. The zero-order valence-corrected chi connectivity index (χ0v) is 16.7. The van der Waals surface area contributed by atoms with Crippen LogP contribution in [0.4, 0.5) is 5.69 Å². The van der Waals surface area contributed by atoms with Gasteiger partial charge >= 0.3 is 0 Å². The van der Waals surface area contributed by atoms with Crippen molar-refractivity contribution in [3.05, 3.63) is 77.9 Å². The van der Waals surface area contributed by atoms with Crippen LogP contribution >= 0.6 is 0 Å². The molecular formula is C26H33N. The summed E-state index contributed by atoms with van der Waals surface area (Å²) >= 11 is 0. The first-order valence-electron chi connectivity index (χ1n) is 10.6. The Bertz CT molecular complexity index is 716. The topological polar surface area (TPSA) is 12.4 Å². The first-order chi connectivity index (χ1) is 13.2. The fourth-order valence-corrected chi connectivity index (χ4v) is 3.96. The molecule has 2 aromatic rings. The van der Waals surface area contributed by atoms with Crippen molar-refractivity contribution in [3.63, 3.8) is 0 Å². The minimum absolute atomic E-state index is 0.748. The first-order valence-corrected chi connectivity index (χ1v) is 10.6. The molecule has 2 aromatic carbocycles. The van der Waals surface area contributed by atoms with Crippen LogP contribution in [0, 0.1) is 5.92 Å². The molecule has 0 aromatic heterocycles. The zero-order valence-electron chi connectivity index (χ0n) is 16.7. The number of nitrogens with zero attached hydrogens (tertiary/aromatic N) is 1. The lowest BCUT2D eigenvalue weighted by molar-refractivity contribution is 0.348. The highest BCUT2D eigenvalue weighted by Gasteiger charge is 2.19. The van der Waals surface area contributed by atoms with Crippen molar-refractivity contribution in [2.24, 2.45) is 10.9 Å². The summed E-state index contributed by atoms with van der Waals surface area (Å²) in [6, 6.07) is 17.7. The van der Waals surface area contributed by atoms with Crippen LogP contribution in [0.15, 0.2) is 66.2 Å². The molecule has 0 atom stereocenters. The standard InChI is InChI=1S/C26H33N/c1-3-4-5-6-7-22-10-12-23(13-11-22)20-27-26-18-16-25(17-19-26)24-14-8-21(2)9-15-24/h3,10-13,16-21,24H,1,4-9,14-15H2,2H3. The predicted molar refractivity (Wildman–Crippen MR) is 118 cm³/mol. The molecule has 1 saturated carbocycles. The quantitative estimate of drug-likeness (QED) is 0.261. The Morgan fingerprint density at radius 3 is 2.30 bits per heavy atom. The van der Waals surface area contributed by atoms with Crippen LogP contribution in [0.5, 0.6) is 0 Å². The third-order valence-corrected chi connectivity index (χ3v) is 5.85. The van der Waals surface area contributed by atoms with Crippen molar-refractivity contribution in [2.75, 3.05) is 0 Å². The maximum atomic E-state index is 4.65. The highest BCUT2D eigenvalue weighted by Crippen LogP contribution is 2.35. The van der Waals surface area contributed by atoms with Gasteiger partial charge in [0.1, 0.15) is 0 Å². The van der Waals surface area contributed by atoms with E-state index in [1.807, 2.05) is 12.3 Å². The lowest BCUT2D eigenvalue weighted by atomic mass is 9.79. The summed E-state index contributed by atoms with van der Waals surface area (Å²) in [7, 11) is 0. The third-order valence-electron chi connectivity index (χ3n) is 5.85. The van der Waals surface area contributed by atoms with Gasteiger partial charge in [0.05, 0.1) is 5.69 Å². The Balaban J connectivity index is 1.52. The molecule has 3 rings (SSSR count). The van der Waals surface area contributed by atoms with Gasteiger partial charge in [0, 0.05) is 6.21 Å². The molecule has 142 valence electrons. The van der Waals surface area contributed by atoms with Crippen LogP contribution in [-0.4, -0.2) is 6.21 Å². The maximum Gasteiger partial charge on any atom is 0.0630 e. The molecule has 1 fully saturated rings. The molecule has 0 amide bonds. The number of aliphatic imine (C=N–C) groups is 1. The lowest BCUT2D eigenvalue weighted by Gasteiger charge is -2.26. The van der Waals surface area contributed by atoms with E-state index < -0.39 is 0 Å². The number of hydrogen-bond acceptors (Lipinski definition) is 1. The van der Waals surface area contributed by atoms with E-state index in [1.54, 1.807) is 0 Å². The van der Waals surface area contributed by atoms with E-state index in [1.165, 1.54) is 49.7 Å². The summed E-state index contributed by atoms with van der Waals surface area (Å²) in [4.78, 5) is 4.65. The number of aryl methyl sites for hydroxylation is 1. The van der Waals surface area contributed by atoms with Gasteiger partial charge in [-0.2, -0.15) is 0 Å². The summed E-state index contributed by atoms with van der Waals surface area (Å²) in [5.74, 6) is 1.65. The molecule has 1 heteroatoms. The van der Waals surface area contributed by atoms with Crippen molar-refractivity contribution in [2.45, 2.75) is 64.2 Å². The molecule has 27 heavy (non-hydrogen) atoms. The van der Waals surface area contributed by atoms with Gasteiger partial charge in [-0.15, -0.1) is 6.58 Å². The van der Waals surface area contributed by atoms with Gasteiger partial charge in [-0.05, 0) is 79.2 Å².